The minimum atomic E-state index is -0.838. The first-order chi connectivity index (χ1) is 17.4. The Kier molecular flexibility index (Phi) is 8.05. The van der Waals surface area contributed by atoms with E-state index in [1.165, 1.54) is 0 Å². The van der Waals surface area contributed by atoms with Crippen molar-refractivity contribution in [3.05, 3.63) is 89.7 Å². The number of benzene rings is 2. The molecule has 0 spiro atoms. The Bertz CT molecular complexity index is 1300. The van der Waals surface area contributed by atoms with Gasteiger partial charge < -0.3 is 10.2 Å². The van der Waals surface area contributed by atoms with Crippen LogP contribution in [0.5, 0.6) is 0 Å². The zero-order chi connectivity index (χ0) is 25.5. The van der Waals surface area contributed by atoms with Crippen molar-refractivity contribution < 1.29 is 9.59 Å². The molecule has 2 amide bonds. The van der Waals surface area contributed by atoms with Crippen LogP contribution in [0.25, 0.3) is 11.0 Å². The summed E-state index contributed by atoms with van der Waals surface area (Å²) in [6, 6.07) is 18.3. The van der Waals surface area contributed by atoms with Gasteiger partial charge in [0.25, 0.3) is 0 Å². The number of carbonyl (C=O) groups is 2. The van der Waals surface area contributed by atoms with Crippen LogP contribution in [0.2, 0.25) is 0 Å². The number of para-hydroxylation sites is 1. The van der Waals surface area contributed by atoms with Crippen molar-refractivity contribution in [1.82, 2.24) is 30.2 Å². The summed E-state index contributed by atoms with van der Waals surface area (Å²) in [5.41, 5.74) is 4.19. The molecule has 1 N–H and O–H groups in total. The van der Waals surface area contributed by atoms with E-state index in [0.29, 0.717) is 23.5 Å². The zero-order valence-corrected chi connectivity index (χ0v) is 21.0. The van der Waals surface area contributed by atoms with Crippen molar-refractivity contribution in [3.8, 4) is 0 Å². The highest BCUT2D eigenvalue weighted by atomic mass is 16.2. The molecule has 0 saturated heterocycles. The summed E-state index contributed by atoms with van der Waals surface area (Å²) in [7, 11) is 0. The smallest absolute Gasteiger partial charge is 0.247 e. The molecule has 4 rings (SSSR count). The molecular weight excluding hydrogens is 452 g/mol. The number of aryl methyl sites for hydroxylation is 1. The van der Waals surface area contributed by atoms with Crippen LogP contribution in [0.3, 0.4) is 0 Å². The topological polar surface area (TPSA) is 93.0 Å². The van der Waals surface area contributed by atoms with Crippen LogP contribution in [0.15, 0.2) is 73.1 Å². The van der Waals surface area contributed by atoms with Gasteiger partial charge in [0.1, 0.15) is 18.1 Å². The Labute approximate surface area is 211 Å². The predicted molar refractivity (Wildman–Crippen MR) is 139 cm³/mol. The van der Waals surface area contributed by atoms with Crippen LogP contribution in [0.1, 0.15) is 43.0 Å². The Hall–Kier alpha value is -4.07. The maximum absolute atomic E-state index is 13.9. The second-order valence-electron chi connectivity index (χ2n) is 9.41. The molecule has 36 heavy (non-hydrogen) atoms. The summed E-state index contributed by atoms with van der Waals surface area (Å²) in [6.07, 6.45) is 4.15. The summed E-state index contributed by atoms with van der Waals surface area (Å²) in [5, 5.41) is 11.4. The lowest BCUT2D eigenvalue weighted by Crippen LogP contribution is -2.45. The molecule has 0 fully saturated rings. The standard InChI is InChI=1S/C28H32N6O2/c1-20(2)14-16-30-28(36)27(23-7-6-15-29-17-23)33(18-22-12-10-21(3)11-13-22)26(35)19-34-25-9-5-4-8-24(25)31-32-34/h4-13,15,17,20,27H,14,16,18-19H2,1-3H3,(H,30,36). The molecule has 1 atom stereocenters. The number of hydrogen-bond acceptors (Lipinski definition) is 5. The van der Waals surface area contributed by atoms with Gasteiger partial charge in [0, 0.05) is 31.0 Å². The number of nitrogens with one attached hydrogen (secondary N) is 1. The van der Waals surface area contributed by atoms with Gasteiger partial charge in [-0.2, -0.15) is 0 Å². The maximum Gasteiger partial charge on any atom is 0.247 e. The molecule has 0 saturated carbocycles. The highest BCUT2D eigenvalue weighted by Gasteiger charge is 2.32. The normalized spacial score (nSPS) is 12.0. The summed E-state index contributed by atoms with van der Waals surface area (Å²) in [6.45, 7) is 7.00. The highest BCUT2D eigenvalue weighted by Crippen LogP contribution is 2.24. The van der Waals surface area contributed by atoms with Crippen LogP contribution < -0.4 is 5.32 Å². The number of rotatable bonds is 10. The zero-order valence-electron chi connectivity index (χ0n) is 21.0. The van der Waals surface area contributed by atoms with Crippen LogP contribution in [-0.2, 0) is 22.7 Å². The van der Waals surface area contributed by atoms with Crippen LogP contribution in [0, 0.1) is 12.8 Å². The van der Waals surface area contributed by atoms with Crippen molar-refractivity contribution in [3.63, 3.8) is 0 Å². The molecular formula is C28H32N6O2. The molecule has 186 valence electrons. The summed E-state index contributed by atoms with van der Waals surface area (Å²) >= 11 is 0. The van der Waals surface area contributed by atoms with Gasteiger partial charge in [-0.1, -0.05) is 67.1 Å². The monoisotopic (exact) mass is 484 g/mol. The van der Waals surface area contributed by atoms with E-state index >= 15 is 0 Å². The number of carbonyl (C=O) groups excluding carboxylic acids is 2. The number of aromatic nitrogens is 4. The second-order valence-corrected chi connectivity index (χ2v) is 9.41. The first kappa shape index (κ1) is 25.0. The fourth-order valence-electron chi connectivity index (χ4n) is 4.06. The Balaban J connectivity index is 1.69. The van der Waals surface area contributed by atoms with E-state index in [4.69, 9.17) is 0 Å². The van der Waals surface area contributed by atoms with E-state index in [9.17, 15) is 9.59 Å². The average molecular weight is 485 g/mol. The first-order valence-electron chi connectivity index (χ1n) is 12.2. The average Bonchev–Trinajstić information content (AvgIpc) is 3.28. The molecule has 0 radical (unpaired) electrons. The van der Waals surface area contributed by atoms with E-state index < -0.39 is 6.04 Å². The van der Waals surface area contributed by atoms with Crippen LogP contribution in [-0.4, -0.2) is 43.2 Å². The molecule has 2 aromatic carbocycles. The van der Waals surface area contributed by atoms with Gasteiger partial charge in [-0.3, -0.25) is 14.6 Å². The van der Waals surface area contributed by atoms with E-state index in [1.54, 1.807) is 28.0 Å². The molecule has 8 nitrogen and oxygen atoms in total. The third-order valence-corrected chi connectivity index (χ3v) is 6.08. The van der Waals surface area contributed by atoms with Gasteiger partial charge in [-0.05, 0) is 43.0 Å². The van der Waals surface area contributed by atoms with Crippen molar-refractivity contribution in [2.45, 2.75) is 46.3 Å². The minimum absolute atomic E-state index is 0.0393. The second kappa shape index (κ2) is 11.6. The first-order valence-corrected chi connectivity index (χ1v) is 12.2. The molecule has 4 aromatic rings. The number of fused-ring (bicyclic) bond motifs is 1. The molecule has 8 heteroatoms. The van der Waals surface area contributed by atoms with E-state index in [1.807, 2.05) is 61.5 Å². The van der Waals surface area contributed by atoms with E-state index in [2.05, 4.69) is 34.5 Å². The number of nitrogens with zero attached hydrogens (tertiary/aromatic N) is 5. The molecule has 2 aromatic heterocycles. The lowest BCUT2D eigenvalue weighted by atomic mass is 10.0. The van der Waals surface area contributed by atoms with E-state index in [0.717, 1.165) is 23.1 Å². The van der Waals surface area contributed by atoms with Gasteiger partial charge in [-0.25, -0.2) is 4.68 Å². The van der Waals surface area contributed by atoms with Gasteiger partial charge in [-0.15, -0.1) is 5.10 Å². The van der Waals surface area contributed by atoms with Crippen molar-refractivity contribution in [2.75, 3.05) is 6.54 Å². The van der Waals surface area contributed by atoms with Crippen molar-refractivity contribution in [2.24, 2.45) is 5.92 Å². The third kappa shape index (κ3) is 6.13. The van der Waals surface area contributed by atoms with E-state index in [-0.39, 0.29) is 24.9 Å². The molecule has 1 unspecified atom stereocenters. The van der Waals surface area contributed by atoms with Crippen molar-refractivity contribution in [1.29, 1.82) is 0 Å². The maximum atomic E-state index is 13.9. The third-order valence-electron chi connectivity index (χ3n) is 6.08. The van der Waals surface area contributed by atoms with Gasteiger partial charge in [0.15, 0.2) is 0 Å². The molecule has 0 aliphatic heterocycles. The molecule has 0 aliphatic rings. The van der Waals surface area contributed by atoms with Gasteiger partial charge in [0.05, 0.1) is 5.52 Å². The number of hydrogen-bond donors (Lipinski definition) is 1. The lowest BCUT2D eigenvalue weighted by Gasteiger charge is -2.31. The summed E-state index contributed by atoms with van der Waals surface area (Å²) in [4.78, 5) is 33.3. The van der Waals surface area contributed by atoms with Gasteiger partial charge >= 0.3 is 0 Å². The Morgan fingerprint density at radius 1 is 1.03 bits per heavy atom. The fourth-order valence-corrected chi connectivity index (χ4v) is 4.06. The Morgan fingerprint density at radius 2 is 1.81 bits per heavy atom. The molecule has 0 bridgehead atoms. The minimum Gasteiger partial charge on any atom is -0.354 e. The summed E-state index contributed by atoms with van der Waals surface area (Å²) < 4.78 is 1.58. The van der Waals surface area contributed by atoms with Gasteiger partial charge in [0.2, 0.25) is 11.8 Å². The largest absolute Gasteiger partial charge is 0.354 e. The van der Waals surface area contributed by atoms with Crippen LogP contribution >= 0.6 is 0 Å². The predicted octanol–water partition coefficient (Wildman–Crippen LogP) is 4.07. The molecule has 0 aliphatic carbocycles. The lowest BCUT2D eigenvalue weighted by molar-refractivity contribution is -0.142. The quantitative estimate of drug-likeness (QED) is 0.366. The fraction of sp³-hybridized carbons (Fsp3) is 0.321. The highest BCUT2D eigenvalue weighted by molar-refractivity contribution is 5.89. The SMILES string of the molecule is Cc1ccc(CN(C(=O)Cn2nnc3ccccc32)C(C(=O)NCCC(C)C)c2cccnc2)cc1. The number of pyridine rings is 1. The Morgan fingerprint density at radius 3 is 2.53 bits per heavy atom. The number of amides is 2. The summed E-state index contributed by atoms with van der Waals surface area (Å²) in [5.74, 6) is -0.0142. The van der Waals surface area contributed by atoms with Crippen LogP contribution in [0.4, 0.5) is 0 Å². The van der Waals surface area contributed by atoms with Crippen molar-refractivity contribution >= 4 is 22.8 Å². The molecule has 2 heterocycles.